The fraction of sp³-hybridized carbons (Fsp3) is 0.250. The molecule has 0 spiro atoms. The largest absolute Gasteiger partial charge is 0.508 e. The van der Waals surface area contributed by atoms with E-state index in [0.29, 0.717) is 18.1 Å². The molecule has 20 heavy (non-hydrogen) atoms. The van der Waals surface area contributed by atoms with Crippen LogP contribution in [0.1, 0.15) is 11.1 Å². The second-order valence-electron chi connectivity index (χ2n) is 4.76. The van der Waals surface area contributed by atoms with E-state index in [9.17, 15) is 5.11 Å². The zero-order valence-corrected chi connectivity index (χ0v) is 12.1. The van der Waals surface area contributed by atoms with E-state index < -0.39 is 0 Å². The van der Waals surface area contributed by atoms with Gasteiger partial charge in [-0.3, -0.25) is 4.90 Å². The van der Waals surface area contributed by atoms with Crippen molar-refractivity contribution in [3.05, 3.63) is 64.7 Å². The predicted molar refractivity (Wildman–Crippen MR) is 82.7 cm³/mol. The van der Waals surface area contributed by atoms with Crippen molar-refractivity contribution in [1.29, 1.82) is 0 Å². The molecular formula is C16H19ClN2O. The van der Waals surface area contributed by atoms with Crippen molar-refractivity contribution in [2.45, 2.75) is 13.1 Å². The number of nitrogens with zero attached hydrogens (tertiary/aromatic N) is 1. The van der Waals surface area contributed by atoms with Crippen molar-refractivity contribution in [1.82, 2.24) is 4.90 Å². The molecule has 2 aromatic carbocycles. The SMILES string of the molecule is NCCN(Cc1ccccc1)Cc1cc(Cl)ccc1O. The molecule has 0 aromatic heterocycles. The summed E-state index contributed by atoms with van der Waals surface area (Å²) in [4.78, 5) is 2.20. The van der Waals surface area contributed by atoms with Crippen LogP contribution in [-0.4, -0.2) is 23.1 Å². The van der Waals surface area contributed by atoms with E-state index in [1.807, 2.05) is 18.2 Å². The van der Waals surface area contributed by atoms with Gasteiger partial charge in [-0.15, -0.1) is 0 Å². The van der Waals surface area contributed by atoms with Crippen LogP contribution in [0.25, 0.3) is 0 Å². The lowest BCUT2D eigenvalue weighted by molar-refractivity contribution is 0.260. The van der Waals surface area contributed by atoms with E-state index >= 15 is 0 Å². The zero-order valence-electron chi connectivity index (χ0n) is 11.3. The first-order chi connectivity index (χ1) is 9.69. The standard InChI is InChI=1S/C16H19ClN2O/c17-15-6-7-16(20)14(10-15)12-19(9-8-18)11-13-4-2-1-3-5-13/h1-7,10,20H,8-9,11-12,18H2. The summed E-state index contributed by atoms with van der Waals surface area (Å²) in [6.45, 7) is 2.76. The number of nitrogens with two attached hydrogens (primary N) is 1. The molecule has 0 fully saturated rings. The van der Waals surface area contributed by atoms with E-state index in [1.165, 1.54) is 5.56 Å². The Hall–Kier alpha value is -1.55. The topological polar surface area (TPSA) is 49.5 Å². The fourth-order valence-corrected chi connectivity index (χ4v) is 2.35. The molecule has 0 aliphatic carbocycles. The highest BCUT2D eigenvalue weighted by Gasteiger charge is 2.10. The summed E-state index contributed by atoms with van der Waals surface area (Å²) in [5.41, 5.74) is 7.72. The molecule has 0 bridgehead atoms. The molecule has 0 unspecified atom stereocenters. The van der Waals surface area contributed by atoms with Gasteiger partial charge in [0.2, 0.25) is 0 Å². The van der Waals surface area contributed by atoms with Crippen LogP contribution in [0, 0.1) is 0 Å². The Balaban J connectivity index is 2.11. The van der Waals surface area contributed by atoms with Gasteiger partial charge in [0.15, 0.2) is 0 Å². The lowest BCUT2D eigenvalue weighted by Crippen LogP contribution is -2.28. The summed E-state index contributed by atoms with van der Waals surface area (Å²) in [5.74, 6) is 0.268. The van der Waals surface area contributed by atoms with Crippen LogP contribution in [0.2, 0.25) is 5.02 Å². The van der Waals surface area contributed by atoms with Crippen molar-refractivity contribution in [2.24, 2.45) is 5.73 Å². The van der Waals surface area contributed by atoms with Gasteiger partial charge in [-0.05, 0) is 23.8 Å². The predicted octanol–water partition coefficient (Wildman–Crippen LogP) is 3.01. The first-order valence-corrected chi connectivity index (χ1v) is 7.00. The summed E-state index contributed by atoms with van der Waals surface area (Å²) in [7, 11) is 0. The molecule has 106 valence electrons. The van der Waals surface area contributed by atoms with Crippen molar-refractivity contribution >= 4 is 11.6 Å². The van der Waals surface area contributed by atoms with Gasteiger partial charge in [-0.2, -0.15) is 0 Å². The average Bonchev–Trinajstić information content (AvgIpc) is 2.44. The molecule has 0 saturated heterocycles. The Morgan fingerprint density at radius 3 is 2.50 bits per heavy atom. The number of phenols is 1. The maximum absolute atomic E-state index is 9.90. The minimum atomic E-state index is 0.268. The quantitative estimate of drug-likeness (QED) is 0.860. The van der Waals surface area contributed by atoms with E-state index in [-0.39, 0.29) is 5.75 Å². The minimum Gasteiger partial charge on any atom is -0.508 e. The molecule has 3 nitrogen and oxygen atoms in total. The molecule has 0 saturated carbocycles. The van der Waals surface area contributed by atoms with Gasteiger partial charge >= 0.3 is 0 Å². The van der Waals surface area contributed by atoms with Crippen molar-refractivity contribution in [3.63, 3.8) is 0 Å². The Kier molecular flexibility index (Phi) is 5.41. The molecular weight excluding hydrogens is 272 g/mol. The van der Waals surface area contributed by atoms with E-state index in [2.05, 4.69) is 17.0 Å². The number of hydrogen-bond donors (Lipinski definition) is 2. The lowest BCUT2D eigenvalue weighted by atomic mass is 10.1. The van der Waals surface area contributed by atoms with E-state index in [4.69, 9.17) is 17.3 Å². The molecule has 2 rings (SSSR count). The smallest absolute Gasteiger partial charge is 0.120 e. The van der Waals surface area contributed by atoms with Crippen LogP contribution < -0.4 is 5.73 Å². The summed E-state index contributed by atoms with van der Waals surface area (Å²) < 4.78 is 0. The van der Waals surface area contributed by atoms with Crippen LogP contribution in [-0.2, 0) is 13.1 Å². The second-order valence-corrected chi connectivity index (χ2v) is 5.19. The van der Waals surface area contributed by atoms with Crippen LogP contribution >= 0.6 is 11.6 Å². The van der Waals surface area contributed by atoms with Gasteiger partial charge < -0.3 is 10.8 Å². The van der Waals surface area contributed by atoms with Gasteiger partial charge in [0, 0.05) is 36.8 Å². The average molecular weight is 291 g/mol. The summed E-state index contributed by atoms with van der Waals surface area (Å²) >= 11 is 5.98. The number of phenolic OH excluding ortho intramolecular Hbond substituents is 1. The highest BCUT2D eigenvalue weighted by molar-refractivity contribution is 6.30. The maximum atomic E-state index is 9.90. The highest BCUT2D eigenvalue weighted by atomic mass is 35.5. The number of rotatable bonds is 6. The molecule has 0 atom stereocenters. The molecule has 0 aliphatic heterocycles. The second kappa shape index (κ2) is 7.29. The first-order valence-electron chi connectivity index (χ1n) is 6.63. The molecule has 3 N–H and O–H groups in total. The van der Waals surface area contributed by atoms with Gasteiger partial charge in [0.1, 0.15) is 5.75 Å². The van der Waals surface area contributed by atoms with E-state index in [1.54, 1.807) is 18.2 Å². The van der Waals surface area contributed by atoms with Crippen LogP contribution in [0.3, 0.4) is 0 Å². The normalized spacial score (nSPS) is 10.9. The summed E-state index contributed by atoms with van der Waals surface area (Å²) in [6, 6.07) is 15.3. The van der Waals surface area contributed by atoms with Gasteiger partial charge in [-0.1, -0.05) is 41.9 Å². The highest BCUT2D eigenvalue weighted by Crippen LogP contribution is 2.23. The molecule has 0 amide bonds. The Labute approximate surface area is 124 Å². The molecule has 0 aliphatic rings. The number of benzene rings is 2. The van der Waals surface area contributed by atoms with Crippen LogP contribution in [0.15, 0.2) is 48.5 Å². The van der Waals surface area contributed by atoms with Gasteiger partial charge in [0.25, 0.3) is 0 Å². The maximum Gasteiger partial charge on any atom is 0.120 e. The van der Waals surface area contributed by atoms with Gasteiger partial charge in [0.05, 0.1) is 0 Å². The Bertz CT molecular complexity index is 545. The minimum absolute atomic E-state index is 0.268. The van der Waals surface area contributed by atoms with Crippen molar-refractivity contribution < 1.29 is 5.11 Å². The monoisotopic (exact) mass is 290 g/mol. The third-order valence-corrected chi connectivity index (χ3v) is 3.36. The number of aromatic hydroxyl groups is 1. The molecule has 4 heteroatoms. The molecule has 0 heterocycles. The van der Waals surface area contributed by atoms with Crippen molar-refractivity contribution in [2.75, 3.05) is 13.1 Å². The van der Waals surface area contributed by atoms with E-state index in [0.717, 1.165) is 18.7 Å². The Morgan fingerprint density at radius 2 is 1.80 bits per heavy atom. The third kappa shape index (κ3) is 4.23. The zero-order chi connectivity index (χ0) is 14.4. The Morgan fingerprint density at radius 1 is 1.05 bits per heavy atom. The lowest BCUT2D eigenvalue weighted by Gasteiger charge is -2.22. The fourth-order valence-electron chi connectivity index (χ4n) is 2.16. The van der Waals surface area contributed by atoms with Crippen molar-refractivity contribution in [3.8, 4) is 5.75 Å². The third-order valence-electron chi connectivity index (χ3n) is 3.13. The number of halogens is 1. The molecule has 0 radical (unpaired) electrons. The van der Waals surface area contributed by atoms with Crippen LogP contribution in [0.5, 0.6) is 5.75 Å². The molecule has 2 aromatic rings. The first kappa shape index (κ1) is 14.9. The van der Waals surface area contributed by atoms with Gasteiger partial charge in [-0.25, -0.2) is 0 Å². The number of hydrogen-bond acceptors (Lipinski definition) is 3. The summed E-state index contributed by atoms with van der Waals surface area (Å²) in [5, 5.41) is 10.5. The summed E-state index contributed by atoms with van der Waals surface area (Å²) in [6.07, 6.45) is 0. The van der Waals surface area contributed by atoms with Crippen LogP contribution in [0.4, 0.5) is 0 Å².